The fourth-order valence-electron chi connectivity index (χ4n) is 2.38. The number of fused-ring (bicyclic) bond motifs is 1. The van der Waals surface area contributed by atoms with Crippen LogP contribution in [0.25, 0.3) is 15.8 Å². The minimum absolute atomic E-state index is 0.0337. The molecule has 0 aliphatic heterocycles. The predicted molar refractivity (Wildman–Crippen MR) is 80.4 cm³/mol. The van der Waals surface area contributed by atoms with Crippen LogP contribution in [0.4, 0.5) is 22.0 Å². The zero-order chi connectivity index (χ0) is 18.5. The fourth-order valence-corrected chi connectivity index (χ4v) is 3.14. The van der Waals surface area contributed by atoms with Gasteiger partial charge in [0.2, 0.25) is 0 Å². The Morgan fingerprint density at radius 3 is 2.44 bits per heavy atom. The van der Waals surface area contributed by atoms with E-state index in [1.807, 2.05) is 0 Å². The van der Waals surface area contributed by atoms with Gasteiger partial charge in [0.1, 0.15) is 11.4 Å². The van der Waals surface area contributed by atoms with Gasteiger partial charge in [0.25, 0.3) is 12.0 Å². The van der Waals surface area contributed by atoms with Gasteiger partial charge in [-0.25, -0.2) is 18.1 Å². The number of alkyl halides is 5. The van der Waals surface area contributed by atoms with Gasteiger partial charge in [0.15, 0.2) is 0 Å². The van der Waals surface area contributed by atoms with Gasteiger partial charge in [-0.1, -0.05) is 0 Å². The first-order valence-electron chi connectivity index (χ1n) is 6.69. The molecule has 1 aromatic carbocycles. The average molecular weight is 377 g/mol. The van der Waals surface area contributed by atoms with Gasteiger partial charge in [-0.2, -0.15) is 17.5 Å². The number of hydrogen-bond acceptors (Lipinski definition) is 4. The Morgan fingerprint density at radius 2 is 1.84 bits per heavy atom. The number of hydrogen-bond donors (Lipinski definition) is 0. The molecule has 3 rings (SSSR count). The normalized spacial score (nSPS) is 12.3. The van der Waals surface area contributed by atoms with Gasteiger partial charge in [-0.15, -0.1) is 0 Å². The highest BCUT2D eigenvalue weighted by atomic mass is 32.1. The molecule has 0 aliphatic rings. The topological polar surface area (TPSA) is 56.9 Å². The molecular weight excluding hydrogens is 369 g/mol. The second kappa shape index (κ2) is 5.76. The van der Waals surface area contributed by atoms with Crippen molar-refractivity contribution in [3.63, 3.8) is 0 Å². The van der Waals surface area contributed by atoms with Gasteiger partial charge < -0.3 is 0 Å². The van der Waals surface area contributed by atoms with E-state index in [4.69, 9.17) is 0 Å². The van der Waals surface area contributed by atoms with Crippen LogP contribution in [0.2, 0.25) is 0 Å². The third-order valence-electron chi connectivity index (χ3n) is 3.56. The Balaban J connectivity index is 2.29. The van der Waals surface area contributed by atoms with Gasteiger partial charge in [0.05, 0.1) is 10.4 Å². The van der Waals surface area contributed by atoms with Crippen LogP contribution in [0.1, 0.15) is 17.8 Å². The lowest BCUT2D eigenvalue weighted by Crippen LogP contribution is -2.40. The molecule has 0 aliphatic carbocycles. The standard InChI is InChI=1S/C14H8F5N3O2S/c1-21-9(14(17,18)19)5-10(23)22(13(21)24)6-2-3-8-7(4-6)11(12(15)16)20-25-8/h2-5,12H,1H3. The molecule has 0 spiro atoms. The molecule has 5 nitrogen and oxygen atoms in total. The van der Waals surface area contributed by atoms with Crippen LogP contribution in [0, 0.1) is 0 Å². The minimum Gasteiger partial charge on any atom is -0.292 e. The van der Waals surface area contributed by atoms with Crippen LogP contribution >= 0.6 is 11.5 Å². The number of halogens is 5. The van der Waals surface area contributed by atoms with Crippen LogP contribution < -0.4 is 11.2 Å². The van der Waals surface area contributed by atoms with E-state index in [1.165, 1.54) is 12.1 Å². The highest BCUT2D eigenvalue weighted by molar-refractivity contribution is 7.13. The van der Waals surface area contributed by atoms with E-state index in [0.29, 0.717) is 9.27 Å². The first kappa shape index (κ1) is 17.3. The van der Waals surface area contributed by atoms with Gasteiger partial charge in [-0.3, -0.25) is 9.36 Å². The molecule has 0 N–H and O–H groups in total. The molecule has 0 saturated carbocycles. The van der Waals surface area contributed by atoms with Crippen molar-refractivity contribution in [3.05, 3.63) is 56.5 Å². The highest BCUT2D eigenvalue weighted by Crippen LogP contribution is 2.31. The quantitative estimate of drug-likeness (QED) is 0.645. The Kier molecular flexibility index (Phi) is 3.98. The fraction of sp³-hybridized carbons (Fsp3) is 0.214. The third-order valence-corrected chi connectivity index (χ3v) is 4.40. The molecule has 2 heterocycles. The Bertz CT molecular complexity index is 1080. The Labute approximate surface area is 139 Å². The molecule has 132 valence electrons. The summed E-state index contributed by atoms with van der Waals surface area (Å²) in [6.07, 6.45) is -7.74. The average Bonchev–Trinajstić information content (AvgIpc) is 2.93. The number of nitrogens with zero attached hydrogens (tertiary/aromatic N) is 3. The van der Waals surface area contributed by atoms with Crippen molar-refractivity contribution in [1.82, 2.24) is 13.5 Å². The number of aromatic nitrogens is 3. The third kappa shape index (κ3) is 2.84. The van der Waals surface area contributed by atoms with E-state index in [-0.39, 0.29) is 21.7 Å². The molecule has 0 saturated heterocycles. The summed E-state index contributed by atoms with van der Waals surface area (Å²) in [6, 6.07) is 4.07. The predicted octanol–water partition coefficient (Wildman–Crippen LogP) is 3.10. The largest absolute Gasteiger partial charge is 0.431 e. The van der Waals surface area contributed by atoms with Crippen LogP contribution in [0.15, 0.2) is 33.9 Å². The second-order valence-electron chi connectivity index (χ2n) is 5.09. The Morgan fingerprint density at radius 1 is 1.16 bits per heavy atom. The van der Waals surface area contributed by atoms with E-state index in [9.17, 15) is 31.5 Å². The Hall–Kier alpha value is -2.56. The molecule has 0 amide bonds. The summed E-state index contributed by atoms with van der Waals surface area (Å²) in [5, 5.41) is 0.0337. The number of benzene rings is 1. The zero-order valence-electron chi connectivity index (χ0n) is 12.3. The smallest absolute Gasteiger partial charge is 0.292 e. The second-order valence-corrected chi connectivity index (χ2v) is 5.90. The molecule has 2 aromatic heterocycles. The lowest BCUT2D eigenvalue weighted by Gasteiger charge is -2.14. The van der Waals surface area contributed by atoms with Crippen molar-refractivity contribution in [2.24, 2.45) is 7.05 Å². The lowest BCUT2D eigenvalue weighted by atomic mass is 10.2. The summed E-state index contributed by atoms with van der Waals surface area (Å²) in [7, 11) is 0.871. The summed E-state index contributed by atoms with van der Waals surface area (Å²) >= 11 is 0.814. The summed E-state index contributed by atoms with van der Waals surface area (Å²) < 4.78 is 69.3. The van der Waals surface area contributed by atoms with Crippen molar-refractivity contribution >= 4 is 21.6 Å². The van der Waals surface area contributed by atoms with E-state index >= 15 is 0 Å². The van der Waals surface area contributed by atoms with Gasteiger partial charge >= 0.3 is 11.9 Å². The molecular formula is C14H8F5N3O2S. The van der Waals surface area contributed by atoms with Crippen LogP contribution in [0.3, 0.4) is 0 Å². The van der Waals surface area contributed by atoms with Crippen LogP contribution in [-0.4, -0.2) is 13.5 Å². The highest BCUT2D eigenvalue weighted by Gasteiger charge is 2.35. The molecule has 0 radical (unpaired) electrons. The molecule has 0 atom stereocenters. The minimum atomic E-state index is -4.88. The van der Waals surface area contributed by atoms with Gasteiger partial charge in [-0.05, 0) is 29.7 Å². The lowest BCUT2D eigenvalue weighted by molar-refractivity contribution is -0.144. The van der Waals surface area contributed by atoms with Crippen LogP contribution in [0.5, 0.6) is 0 Å². The first-order chi connectivity index (χ1) is 11.6. The maximum Gasteiger partial charge on any atom is 0.431 e. The summed E-state index contributed by atoms with van der Waals surface area (Å²) in [4.78, 5) is 24.3. The zero-order valence-corrected chi connectivity index (χ0v) is 13.2. The number of rotatable bonds is 2. The monoisotopic (exact) mass is 377 g/mol. The maximum absolute atomic E-state index is 13.0. The van der Waals surface area contributed by atoms with E-state index in [2.05, 4.69) is 4.37 Å². The van der Waals surface area contributed by atoms with Crippen molar-refractivity contribution in [2.45, 2.75) is 12.6 Å². The molecule has 11 heteroatoms. The van der Waals surface area contributed by atoms with Crippen LogP contribution in [-0.2, 0) is 13.2 Å². The van der Waals surface area contributed by atoms with E-state index in [1.54, 1.807) is 0 Å². The first-order valence-corrected chi connectivity index (χ1v) is 7.46. The van der Waals surface area contributed by atoms with Crippen molar-refractivity contribution in [3.8, 4) is 5.69 Å². The summed E-state index contributed by atoms with van der Waals surface area (Å²) in [6.45, 7) is 0. The molecule has 3 aromatic rings. The van der Waals surface area contributed by atoms with Crippen molar-refractivity contribution < 1.29 is 22.0 Å². The maximum atomic E-state index is 13.0. The van der Waals surface area contributed by atoms with E-state index < -0.39 is 35.2 Å². The van der Waals surface area contributed by atoms with Gasteiger partial charge in [0, 0.05) is 18.5 Å². The van der Waals surface area contributed by atoms with Crippen molar-refractivity contribution in [2.75, 3.05) is 0 Å². The molecule has 0 unspecified atom stereocenters. The molecule has 25 heavy (non-hydrogen) atoms. The SMILES string of the molecule is Cn1c(C(F)(F)F)cc(=O)n(-c2ccc3snc(C(F)F)c3c2)c1=O. The van der Waals surface area contributed by atoms with Crippen molar-refractivity contribution in [1.29, 1.82) is 0 Å². The summed E-state index contributed by atoms with van der Waals surface area (Å²) in [5.74, 6) is 0. The summed E-state index contributed by atoms with van der Waals surface area (Å²) in [5.41, 5.74) is -4.48. The molecule has 0 fully saturated rings. The van der Waals surface area contributed by atoms with E-state index in [0.717, 1.165) is 24.6 Å². The molecule has 0 bridgehead atoms.